The van der Waals surface area contributed by atoms with Crippen molar-refractivity contribution >= 4 is 34.7 Å². The molecule has 3 aromatic rings. The van der Waals surface area contributed by atoms with E-state index >= 15 is 0 Å². The highest BCUT2D eigenvalue weighted by atomic mass is 16.2. The van der Waals surface area contributed by atoms with Crippen LogP contribution in [0, 0.1) is 0 Å². The third kappa shape index (κ3) is 3.48. The second kappa shape index (κ2) is 6.36. The van der Waals surface area contributed by atoms with Gasteiger partial charge in [0.25, 0.3) is 0 Å². The van der Waals surface area contributed by atoms with Gasteiger partial charge >= 0.3 is 6.03 Å². The fourth-order valence-corrected chi connectivity index (χ4v) is 1.96. The van der Waals surface area contributed by atoms with Crippen molar-refractivity contribution in [3.05, 3.63) is 30.5 Å². The third-order valence-corrected chi connectivity index (χ3v) is 3.11. The van der Waals surface area contributed by atoms with Gasteiger partial charge in [0, 0.05) is 14.1 Å². The zero-order valence-corrected chi connectivity index (χ0v) is 13.1. The number of anilines is 2. The van der Waals surface area contributed by atoms with Gasteiger partial charge in [-0.2, -0.15) is 9.90 Å². The van der Waals surface area contributed by atoms with Crippen molar-refractivity contribution in [1.29, 1.82) is 0 Å². The lowest BCUT2D eigenvalue weighted by Gasteiger charge is -2.09. The molecule has 0 saturated heterocycles. The number of H-pyrrole nitrogens is 1. The minimum absolute atomic E-state index is 0.102. The van der Waals surface area contributed by atoms with Crippen LogP contribution >= 0.6 is 0 Å². The summed E-state index contributed by atoms with van der Waals surface area (Å²) in [4.78, 5) is 33.4. The van der Waals surface area contributed by atoms with Crippen LogP contribution in [-0.2, 0) is 11.3 Å². The van der Waals surface area contributed by atoms with Crippen molar-refractivity contribution in [2.45, 2.75) is 6.54 Å². The minimum Gasteiger partial charge on any atom is -0.331 e. The summed E-state index contributed by atoms with van der Waals surface area (Å²) in [5.74, 6) is 0.287. The molecule has 0 spiro atoms. The standard InChI is InChI=1S/C14H16N8O2/c1-21(2)14(24)18-11-7-15-22(20-11)8-12(23)19-13-16-9-5-3-4-6-10(9)17-13/h3-7H,8H2,1-2H3,(H,18,20,24)(H2,16,17,19,23). The number of aromatic amines is 1. The summed E-state index contributed by atoms with van der Waals surface area (Å²) in [7, 11) is 3.22. The number of nitrogens with one attached hydrogen (secondary N) is 3. The molecule has 24 heavy (non-hydrogen) atoms. The number of para-hydroxylation sites is 2. The first-order valence-corrected chi connectivity index (χ1v) is 7.14. The topological polar surface area (TPSA) is 121 Å². The zero-order chi connectivity index (χ0) is 17.1. The SMILES string of the molecule is CN(C)C(=O)Nc1cnn(CC(=O)Nc2nc3ccccc3[nH]2)n1. The molecule has 10 heteroatoms. The summed E-state index contributed by atoms with van der Waals surface area (Å²) in [6.07, 6.45) is 1.37. The molecule has 0 bridgehead atoms. The number of urea groups is 1. The Kier molecular flexibility index (Phi) is 4.10. The Balaban J connectivity index is 1.60. The van der Waals surface area contributed by atoms with Gasteiger partial charge in [0.2, 0.25) is 11.9 Å². The lowest BCUT2D eigenvalue weighted by molar-refractivity contribution is -0.117. The monoisotopic (exact) mass is 328 g/mol. The van der Waals surface area contributed by atoms with Gasteiger partial charge in [0.05, 0.1) is 17.2 Å². The molecule has 0 radical (unpaired) electrons. The summed E-state index contributed by atoms with van der Waals surface area (Å²) in [5.41, 5.74) is 1.59. The molecule has 124 valence electrons. The molecule has 1 aromatic carbocycles. The van der Waals surface area contributed by atoms with Crippen LogP contribution in [0.5, 0.6) is 0 Å². The van der Waals surface area contributed by atoms with Crippen molar-refractivity contribution in [3.8, 4) is 0 Å². The first-order chi connectivity index (χ1) is 11.5. The van der Waals surface area contributed by atoms with Gasteiger partial charge in [-0.05, 0) is 12.1 Å². The average molecular weight is 328 g/mol. The second-order valence-corrected chi connectivity index (χ2v) is 5.24. The Bertz CT molecular complexity index is 849. The number of benzene rings is 1. The predicted molar refractivity (Wildman–Crippen MR) is 87.5 cm³/mol. The van der Waals surface area contributed by atoms with E-state index in [-0.39, 0.29) is 24.3 Å². The number of hydrogen-bond donors (Lipinski definition) is 3. The fraction of sp³-hybridized carbons (Fsp3) is 0.214. The molecule has 0 aliphatic carbocycles. The van der Waals surface area contributed by atoms with Crippen molar-refractivity contribution in [3.63, 3.8) is 0 Å². The van der Waals surface area contributed by atoms with Gasteiger partial charge < -0.3 is 9.88 Å². The van der Waals surface area contributed by atoms with Crippen LogP contribution < -0.4 is 10.6 Å². The van der Waals surface area contributed by atoms with Crippen molar-refractivity contribution < 1.29 is 9.59 Å². The molecule has 0 saturated carbocycles. The summed E-state index contributed by atoms with van der Waals surface area (Å²) < 4.78 is 0. The van der Waals surface area contributed by atoms with Crippen LogP contribution in [0.2, 0.25) is 0 Å². The highest BCUT2D eigenvalue weighted by Crippen LogP contribution is 2.13. The van der Waals surface area contributed by atoms with E-state index in [1.54, 1.807) is 14.1 Å². The molecule has 2 heterocycles. The van der Waals surface area contributed by atoms with E-state index in [1.165, 1.54) is 15.9 Å². The summed E-state index contributed by atoms with van der Waals surface area (Å²) in [5, 5.41) is 13.1. The number of carbonyl (C=O) groups is 2. The molecular weight excluding hydrogens is 312 g/mol. The predicted octanol–water partition coefficient (Wildman–Crippen LogP) is 0.887. The number of fused-ring (bicyclic) bond motifs is 1. The maximum Gasteiger partial charge on any atom is 0.322 e. The molecule has 0 aliphatic rings. The number of hydrogen-bond acceptors (Lipinski definition) is 5. The van der Waals surface area contributed by atoms with Crippen LogP contribution in [0.15, 0.2) is 30.5 Å². The molecule has 0 unspecified atom stereocenters. The number of imidazole rings is 1. The number of amides is 3. The third-order valence-electron chi connectivity index (χ3n) is 3.11. The maximum absolute atomic E-state index is 12.0. The number of aromatic nitrogens is 5. The van der Waals surface area contributed by atoms with Crippen molar-refractivity contribution in [2.75, 3.05) is 24.7 Å². The summed E-state index contributed by atoms with van der Waals surface area (Å²) in [6, 6.07) is 7.13. The molecule has 3 N–H and O–H groups in total. The van der Waals surface area contributed by atoms with Crippen LogP contribution in [-0.4, -0.2) is 55.9 Å². The number of nitrogens with zero attached hydrogens (tertiary/aromatic N) is 5. The minimum atomic E-state index is -0.338. The molecular formula is C14H16N8O2. The van der Waals surface area contributed by atoms with E-state index in [0.29, 0.717) is 5.95 Å². The van der Waals surface area contributed by atoms with Gasteiger partial charge in [-0.1, -0.05) is 12.1 Å². The van der Waals surface area contributed by atoms with Crippen LogP contribution in [0.1, 0.15) is 0 Å². The quantitative estimate of drug-likeness (QED) is 0.656. The lowest BCUT2D eigenvalue weighted by atomic mass is 10.3. The Morgan fingerprint density at radius 3 is 2.79 bits per heavy atom. The first-order valence-electron chi connectivity index (χ1n) is 7.14. The highest BCUT2D eigenvalue weighted by molar-refractivity contribution is 5.91. The molecule has 0 aliphatic heterocycles. The molecule has 3 amide bonds. The highest BCUT2D eigenvalue weighted by Gasteiger charge is 2.11. The summed E-state index contributed by atoms with van der Waals surface area (Å²) >= 11 is 0. The molecule has 0 atom stereocenters. The van der Waals surface area contributed by atoms with Crippen molar-refractivity contribution in [2.24, 2.45) is 0 Å². The van der Waals surface area contributed by atoms with E-state index in [1.807, 2.05) is 24.3 Å². The van der Waals surface area contributed by atoms with Gasteiger partial charge in [-0.15, -0.1) is 5.10 Å². The van der Waals surface area contributed by atoms with Crippen molar-refractivity contribution in [1.82, 2.24) is 29.9 Å². The van der Waals surface area contributed by atoms with E-state index < -0.39 is 0 Å². The van der Waals surface area contributed by atoms with Gasteiger partial charge in [0.1, 0.15) is 6.54 Å². The molecule has 10 nitrogen and oxygen atoms in total. The van der Waals surface area contributed by atoms with E-state index in [4.69, 9.17) is 0 Å². The molecule has 3 rings (SSSR count). The van der Waals surface area contributed by atoms with Crippen LogP contribution in [0.25, 0.3) is 11.0 Å². The van der Waals surface area contributed by atoms with E-state index in [0.717, 1.165) is 11.0 Å². The Hall–Kier alpha value is -3.43. The van der Waals surface area contributed by atoms with Gasteiger partial charge in [-0.25, -0.2) is 9.78 Å². The van der Waals surface area contributed by atoms with Gasteiger partial charge in [-0.3, -0.25) is 15.4 Å². The molecule has 2 aromatic heterocycles. The normalized spacial score (nSPS) is 10.6. The van der Waals surface area contributed by atoms with Crippen LogP contribution in [0.3, 0.4) is 0 Å². The van der Waals surface area contributed by atoms with E-state index in [9.17, 15) is 9.59 Å². The Labute approximate surface area is 136 Å². The zero-order valence-electron chi connectivity index (χ0n) is 13.1. The van der Waals surface area contributed by atoms with Gasteiger partial charge in [0.15, 0.2) is 5.82 Å². The average Bonchev–Trinajstić information content (AvgIpc) is 3.12. The second-order valence-electron chi connectivity index (χ2n) is 5.24. The Morgan fingerprint density at radius 2 is 2.04 bits per heavy atom. The number of carbonyl (C=O) groups excluding carboxylic acids is 2. The summed E-state index contributed by atoms with van der Waals surface area (Å²) in [6.45, 7) is -0.102. The smallest absolute Gasteiger partial charge is 0.322 e. The van der Waals surface area contributed by atoms with E-state index in [2.05, 4.69) is 30.8 Å². The lowest BCUT2D eigenvalue weighted by Crippen LogP contribution is -2.27. The number of rotatable bonds is 4. The maximum atomic E-state index is 12.0. The molecule has 0 fully saturated rings. The largest absolute Gasteiger partial charge is 0.331 e. The van der Waals surface area contributed by atoms with Crippen LogP contribution in [0.4, 0.5) is 16.6 Å². The first kappa shape index (κ1) is 15.5. The fourth-order valence-electron chi connectivity index (χ4n) is 1.96. The Morgan fingerprint density at radius 1 is 1.25 bits per heavy atom.